The zero-order chi connectivity index (χ0) is 15.6. The highest BCUT2D eigenvalue weighted by Gasteiger charge is 2.34. The van der Waals surface area contributed by atoms with Crippen LogP contribution >= 0.6 is 0 Å². The summed E-state index contributed by atoms with van der Waals surface area (Å²) >= 11 is 0. The van der Waals surface area contributed by atoms with Gasteiger partial charge in [-0.25, -0.2) is 4.98 Å². The Kier molecular flexibility index (Phi) is 4.19. The lowest BCUT2D eigenvalue weighted by Gasteiger charge is -2.30. The van der Waals surface area contributed by atoms with E-state index in [0.717, 1.165) is 6.07 Å². The maximum Gasteiger partial charge on any atom is 0.433 e. The van der Waals surface area contributed by atoms with Gasteiger partial charge in [-0.3, -0.25) is 4.79 Å². The number of nitrogens with zero attached hydrogens (tertiary/aromatic N) is 3. The minimum absolute atomic E-state index is 0.0302. The molecular formula is C12H16F3N5O. The zero-order valence-electron chi connectivity index (χ0n) is 11.7. The lowest BCUT2D eigenvalue weighted by Crippen LogP contribution is -2.43. The number of nitrogens with one attached hydrogen (secondary N) is 2. The van der Waals surface area contributed by atoms with E-state index in [4.69, 9.17) is 0 Å². The van der Waals surface area contributed by atoms with E-state index in [1.54, 1.807) is 11.9 Å². The summed E-state index contributed by atoms with van der Waals surface area (Å²) in [5.74, 6) is 0.0182. The first kappa shape index (κ1) is 15.3. The van der Waals surface area contributed by atoms with Crippen LogP contribution in [0.3, 0.4) is 0 Å². The Labute approximate surface area is 119 Å². The van der Waals surface area contributed by atoms with Gasteiger partial charge in [-0.2, -0.15) is 18.2 Å². The van der Waals surface area contributed by atoms with Crippen molar-refractivity contribution in [1.82, 2.24) is 14.9 Å². The molecule has 1 fully saturated rings. The predicted molar refractivity (Wildman–Crippen MR) is 70.9 cm³/mol. The fourth-order valence-corrected chi connectivity index (χ4v) is 2.12. The molecule has 1 amide bonds. The van der Waals surface area contributed by atoms with Crippen LogP contribution in [0.15, 0.2) is 6.07 Å². The molecule has 0 bridgehead atoms. The van der Waals surface area contributed by atoms with Crippen LogP contribution in [0, 0.1) is 0 Å². The van der Waals surface area contributed by atoms with E-state index in [1.807, 2.05) is 0 Å². The van der Waals surface area contributed by atoms with Gasteiger partial charge < -0.3 is 15.5 Å². The Morgan fingerprint density at radius 2 is 2.10 bits per heavy atom. The fraction of sp³-hybridized carbons (Fsp3) is 0.583. The summed E-state index contributed by atoms with van der Waals surface area (Å²) in [7, 11) is 3.11. The third-order valence-electron chi connectivity index (χ3n) is 3.22. The number of carbonyl (C=O) groups is 1. The largest absolute Gasteiger partial charge is 0.433 e. The molecule has 0 spiro atoms. The van der Waals surface area contributed by atoms with Gasteiger partial charge in [-0.1, -0.05) is 0 Å². The topological polar surface area (TPSA) is 70.2 Å². The van der Waals surface area contributed by atoms with Gasteiger partial charge >= 0.3 is 6.18 Å². The molecular weight excluding hydrogens is 287 g/mol. The van der Waals surface area contributed by atoms with Crippen molar-refractivity contribution in [3.8, 4) is 0 Å². The van der Waals surface area contributed by atoms with Crippen LogP contribution in [0.1, 0.15) is 18.5 Å². The third-order valence-corrected chi connectivity index (χ3v) is 3.22. The number of likely N-dealkylation sites (N-methyl/N-ethyl adjacent to an activating group) is 1. The summed E-state index contributed by atoms with van der Waals surface area (Å²) in [5, 5.41) is 5.44. The Hall–Kier alpha value is -2.06. The monoisotopic (exact) mass is 303 g/mol. The molecule has 9 heteroatoms. The van der Waals surface area contributed by atoms with Crippen molar-refractivity contribution >= 4 is 17.7 Å². The van der Waals surface area contributed by atoms with E-state index in [9.17, 15) is 18.0 Å². The highest BCUT2D eigenvalue weighted by atomic mass is 19.4. The molecule has 1 aromatic heterocycles. The number of halogens is 3. The number of anilines is 2. The van der Waals surface area contributed by atoms with Gasteiger partial charge in [-0.05, 0) is 6.42 Å². The molecule has 1 aromatic rings. The predicted octanol–water partition coefficient (Wildman–Crippen LogP) is 1.57. The van der Waals surface area contributed by atoms with Crippen LogP contribution in [0.25, 0.3) is 0 Å². The van der Waals surface area contributed by atoms with Crippen LogP contribution in [-0.2, 0) is 11.0 Å². The van der Waals surface area contributed by atoms with Crippen LogP contribution in [0.5, 0.6) is 0 Å². The number of alkyl halides is 3. The molecule has 0 aliphatic carbocycles. The van der Waals surface area contributed by atoms with Gasteiger partial charge in [0, 0.05) is 39.2 Å². The Bertz CT molecular complexity index is 534. The Balaban J connectivity index is 2.18. The summed E-state index contributed by atoms with van der Waals surface area (Å²) in [6, 6.07) is 0.741. The summed E-state index contributed by atoms with van der Waals surface area (Å²) in [6.45, 7) is 0.430. The highest BCUT2D eigenvalue weighted by Crippen LogP contribution is 2.30. The number of amides is 1. The molecule has 1 aliphatic rings. The second-order valence-corrected chi connectivity index (χ2v) is 4.86. The maximum absolute atomic E-state index is 12.8. The van der Waals surface area contributed by atoms with Crippen molar-refractivity contribution in [3.05, 3.63) is 11.8 Å². The van der Waals surface area contributed by atoms with Crippen LogP contribution < -0.4 is 10.6 Å². The molecule has 0 saturated carbocycles. The number of hydrogen-bond acceptors (Lipinski definition) is 5. The van der Waals surface area contributed by atoms with Gasteiger partial charge in [0.1, 0.15) is 5.82 Å². The summed E-state index contributed by atoms with van der Waals surface area (Å²) in [5.41, 5.74) is -1.01. The van der Waals surface area contributed by atoms with Gasteiger partial charge in [0.25, 0.3) is 0 Å². The second kappa shape index (κ2) is 5.74. The average Bonchev–Trinajstić information content (AvgIpc) is 2.41. The van der Waals surface area contributed by atoms with Gasteiger partial charge in [0.15, 0.2) is 5.69 Å². The Morgan fingerprint density at radius 3 is 2.67 bits per heavy atom. The molecule has 116 valence electrons. The van der Waals surface area contributed by atoms with Crippen LogP contribution in [0.2, 0.25) is 0 Å². The average molecular weight is 303 g/mol. The fourth-order valence-electron chi connectivity index (χ4n) is 2.12. The standard InChI is InChI=1S/C12H16F3N5O/c1-16-11-18-8(12(13,14)15)5-9(19-11)17-7-3-4-10(21)20(2)6-7/h5,7H,3-4,6H2,1-2H3,(H2,16,17,18,19). The molecule has 1 aliphatic heterocycles. The first-order valence-corrected chi connectivity index (χ1v) is 6.44. The van der Waals surface area contributed by atoms with Crippen molar-refractivity contribution in [3.63, 3.8) is 0 Å². The van der Waals surface area contributed by atoms with Crippen LogP contribution in [0.4, 0.5) is 24.9 Å². The summed E-state index contributed by atoms with van der Waals surface area (Å²) in [4.78, 5) is 20.3. The molecule has 2 heterocycles. The number of hydrogen-bond donors (Lipinski definition) is 2. The normalized spacial score (nSPS) is 19.6. The lowest BCUT2D eigenvalue weighted by atomic mass is 10.1. The smallest absolute Gasteiger partial charge is 0.365 e. The van der Waals surface area contributed by atoms with E-state index in [-0.39, 0.29) is 23.7 Å². The summed E-state index contributed by atoms with van der Waals surface area (Å²) < 4.78 is 38.3. The van der Waals surface area contributed by atoms with E-state index in [1.165, 1.54) is 7.05 Å². The number of aromatic nitrogens is 2. The maximum atomic E-state index is 12.8. The molecule has 2 N–H and O–H groups in total. The van der Waals surface area contributed by atoms with Crippen molar-refractivity contribution in [2.75, 3.05) is 31.3 Å². The molecule has 6 nitrogen and oxygen atoms in total. The highest BCUT2D eigenvalue weighted by molar-refractivity contribution is 5.77. The molecule has 1 saturated heterocycles. The lowest BCUT2D eigenvalue weighted by molar-refractivity contribution is -0.141. The number of likely N-dealkylation sites (tertiary alicyclic amines) is 1. The number of carbonyl (C=O) groups excluding carboxylic acids is 1. The molecule has 1 atom stereocenters. The second-order valence-electron chi connectivity index (χ2n) is 4.86. The van der Waals surface area contributed by atoms with Gasteiger partial charge in [0.05, 0.1) is 0 Å². The minimum atomic E-state index is -4.54. The van der Waals surface area contributed by atoms with Gasteiger partial charge in [0.2, 0.25) is 11.9 Å². The van der Waals surface area contributed by atoms with E-state index in [2.05, 4.69) is 20.6 Å². The third kappa shape index (κ3) is 3.73. The number of piperidine rings is 1. The van der Waals surface area contributed by atoms with Gasteiger partial charge in [-0.15, -0.1) is 0 Å². The molecule has 1 unspecified atom stereocenters. The minimum Gasteiger partial charge on any atom is -0.365 e. The van der Waals surface area contributed by atoms with Crippen LogP contribution in [-0.4, -0.2) is 47.5 Å². The molecule has 0 radical (unpaired) electrons. The molecule has 0 aromatic carbocycles. The first-order valence-electron chi connectivity index (χ1n) is 6.44. The molecule has 21 heavy (non-hydrogen) atoms. The summed E-state index contributed by atoms with van der Waals surface area (Å²) in [6.07, 6.45) is -3.61. The van der Waals surface area contributed by atoms with Crippen molar-refractivity contribution in [2.24, 2.45) is 0 Å². The molecule has 2 rings (SSSR count). The zero-order valence-corrected chi connectivity index (χ0v) is 11.7. The first-order chi connectivity index (χ1) is 9.79. The van der Waals surface area contributed by atoms with Crippen molar-refractivity contribution in [2.45, 2.75) is 25.1 Å². The van der Waals surface area contributed by atoms with E-state index in [0.29, 0.717) is 19.4 Å². The van der Waals surface area contributed by atoms with E-state index < -0.39 is 11.9 Å². The number of rotatable bonds is 3. The van der Waals surface area contributed by atoms with Crippen molar-refractivity contribution in [1.29, 1.82) is 0 Å². The van der Waals surface area contributed by atoms with E-state index >= 15 is 0 Å². The van der Waals surface area contributed by atoms with Crippen molar-refractivity contribution < 1.29 is 18.0 Å². The quantitative estimate of drug-likeness (QED) is 0.887. The SMILES string of the molecule is CNc1nc(NC2CCC(=O)N(C)C2)cc(C(F)(F)F)n1. The Morgan fingerprint density at radius 1 is 1.38 bits per heavy atom.